The lowest BCUT2D eigenvalue weighted by Gasteiger charge is -2.31. The minimum atomic E-state index is -5.74. The Morgan fingerprint density at radius 1 is 1.33 bits per heavy atom. The van der Waals surface area contributed by atoms with Crippen LogP contribution < -0.4 is 0 Å². The molecule has 9 heteroatoms. The van der Waals surface area contributed by atoms with Crippen LogP contribution in [-0.2, 0) is 14.8 Å². The van der Waals surface area contributed by atoms with Crippen molar-refractivity contribution in [3.8, 4) is 0 Å². The highest BCUT2D eigenvalue weighted by Gasteiger charge is 2.40. The molecule has 0 aromatic heterocycles. The molecule has 1 atom stereocenters. The smallest absolute Gasteiger partial charge is 0.480 e. The zero-order chi connectivity index (χ0) is 12.4. The molecule has 0 unspecified atom stereocenters. The monoisotopic (exact) mass is 248 g/mol. The Morgan fingerprint density at radius 2 is 1.73 bits per heavy atom. The van der Waals surface area contributed by atoms with Crippen LogP contribution in [0.15, 0.2) is 0 Å². The third kappa shape index (κ3) is 3.67. The fraction of sp³-hybridized carbons (Fsp3) is 0.833. The SMILES string of the molecule is CC(C)[C@H]([N-]S(=O)(=O)C(F)(F)F)C(=O)O. The van der Waals surface area contributed by atoms with Crippen LogP contribution in [0.1, 0.15) is 13.8 Å². The van der Waals surface area contributed by atoms with Crippen molar-refractivity contribution in [2.45, 2.75) is 25.4 Å². The fourth-order valence-corrected chi connectivity index (χ4v) is 1.41. The van der Waals surface area contributed by atoms with E-state index in [2.05, 4.69) is 4.72 Å². The van der Waals surface area contributed by atoms with Gasteiger partial charge in [0.1, 0.15) is 0 Å². The highest BCUT2D eigenvalue weighted by molar-refractivity contribution is 7.94. The van der Waals surface area contributed by atoms with E-state index in [0.717, 1.165) is 0 Å². The van der Waals surface area contributed by atoms with Crippen LogP contribution in [0.2, 0.25) is 0 Å². The highest BCUT2D eigenvalue weighted by Crippen LogP contribution is 2.31. The van der Waals surface area contributed by atoms with Gasteiger partial charge in [0.2, 0.25) is 0 Å². The molecule has 0 aliphatic carbocycles. The first-order chi connectivity index (χ1) is 6.49. The van der Waals surface area contributed by atoms with Crippen molar-refractivity contribution >= 4 is 16.0 Å². The van der Waals surface area contributed by atoms with Crippen LogP contribution >= 0.6 is 0 Å². The molecule has 0 aliphatic heterocycles. The lowest BCUT2D eigenvalue weighted by atomic mass is 10.1. The average molecular weight is 248 g/mol. The molecular formula is C6H9F3NO4S-. The molecule has 0 aromatic carbocycles. The maximum atomic E-state index is 11.8. The normalized spacial score (nSPS) is 15.3. The number of nitrogens with zero attached hydrogens (tertiary/aromatic N) is 1. The largest absolute Gasteiger partial charge is 0.529 e. The Morgan fingerprint density at radius 3 is 1.93 bits per heavy atom. The van der Waals surface area contributed by atoms with E-state index in [-0.39, 0.29) is 0 Å². The molecule has 5 nitrogen and oxygen atoms in total. The second-order valence-electron chi connectivity index (χ2n) is 3.05. The van der Waals surface area contributed by atoms with Gasteiger partial charge in [-0.25, -0.2) is 8.42 Å². The van der Waals surface area contributed by atoms with Crippen LogP contribution in [-0.4, -0.2) is 31.0 Å². The van der Waals surface area contributed by atoms with Crippen molar-refractivity contribution in [1.29, 1.82) is 0 Å². The van der Waals surface area contributed by atoms with E-state index in [9.17, 15) is 26.4 Å². The quantitative estimate of drug-likeness (QED) is 0.812. The van der Waals surface area contributed by atoms with Crippen molar-refractivity contribution in [1.82, 2.24) is 0 Å². The Balaban J connectivity index is 4.93. The van der Waals surface area contributed by atoms with E-state index in [4.69, 9.17) is 5.11 Å². The van der Waals surface area contributed by atoms with Crippen molar-refractivity contribution < 1.29 is 31.5 Å². The van der Waals surface area contributed by atoms with Gasteiger partial charge in [0.05, 0.1) is 0 Å². The van der Waals surface area contributed by atoms with Gasteiger partial charge in [0.15, 0.2) is 10.0 Å². The summed E-state index contributed by atoms with van der Waals surface area (Å²) in [6.07, 6.45) is 0. The van der Waals surface area contributed by atoms with Crippen molar-refractivity contribution in [2.24, 2.45) is 5.92 Å². The number of alkyl halides is 3. The summed E-state index contributed by atoms with van der Waals surface area (Å²) in [5, 5.41) is 8.45. The van der Waals surface area contributed by atoms with Gasteiger partial charge in [-0.2, -0.15) is 13.2 Å². The molecule has 0 radical (unpaired) electrons. The fourth-order valence-electron chi connectivity index (χ4n) is 0.661. The summed E-state index contributed by atoms with van der Waals surface area (Å²) in [6, 6.07) is -1.92. The van der Waals surface area contributed by atoms with Crippen LogP contribution in [0, 0.1) is 5.92 Å². The molecule has 0 bridgehead atoms. The number of rotatable bonds is 4. The third-order valence-electron chi connectivity index (χ3n) is 1.43. The molecule has 15 heavy (non-hydrogen) atoms. The summed E-state index contributed by atoms with van der Waals surface area (Å²) < 4.78 is 58.9. The molecule has 0 spiro atoms. The predicted octanol–water partition coefficient (Wildman–Crippen LogP) is 1.32. The lowest BCUT2D eigenvalue weighted by Crippen LogP contribution is -2.32. The summed E-state index contributed by atoms with van der Waals surface area (Å²) in [5.74, 6) is -2.56. The topological polar surface area (TPSA) is 85.5 Å². The summed E-state index contributed by atoms with van der Waals surface area (Å²) in [7, 11) is -5.74. The van der Waals surface area contributed by atoms with E-state index in [1.54, 1.807) is 0 Å². The molecular weight excluding hydrogens is 239 g/mol. The average Bonchev–Trinajstić information content (AvgIpc) is 1.96. The second-order valence-corrected chi connectivity index (χ2v) is 4.68. The minimum Gasteiger partial charge on any atom is -0.529 e. The van der Waals surface area contributed by atoms with Crippen LogP contribution in [0.5, 0.6) is 0 Å². The number of aliphatic carboxylic acids is 1. The Hall–Kier alpha value is -0.830. The molecule has 90 valence electrons. The highest BCUT2D eigenvalue weighted by atomic mass is 32.2. The van der Waals surface area contributed by atoms with E-state index in [0.29, 0.717) is 0 Å². The van der Waals surface area contributed by atoms with Crippen LogP contribution in [0.3, 0.4) is 0 Å². The molecule has 0 aliphatic rings. The van der Waals surface area contributed by atoms with Crippen LogP contribution in [0.25, 0.3) is 4.72 Å². The van der Waals surface area contributed by atoms with Gasteiger partial charge < -0.3 is 9.83 Å². The summed E-state index contributed by atoms with van der Waals surface area (Å²) in [4.78, 5) is 10.4. The predicted molar refractivity (Wildman–Crippen MR) is 44.6 cm³/mol. The van der Waals surface area contributed by atoms with Gasteiger partial charge >= 0.3 is 5.51 Å². The molecule has 0 aromatic rings. The van der Waals surface area contributed by atoms with Gasteiger partial charge in [-0.1, -0.05) is 19.8 Å². The summed E-state index contributed by atoms with van der Waals surface area (Å²) in [5.41, 5.74) is -5.56. The number of carboxylic acid groups (broad SMARTS) is 1. The first kappa shape index (κ1) is 14.2. The molecule has 0 fully saturated rings. The number of hydrogen-bond donors (Lipinski definition) is 1. The Bertz CT molecular complexity index is 335. The number of carbonyl (C=O) groups is 1. The number of hydrogen-bond acceptors (Lipinski definition) is 3. The first-order valence-electron chi connectivity index (χ1n) is 3.75. The van der Waals surface area contributed by atoms with E-state index >= 15 is 0 Å². The molecule has 1 N–H and O–H groups in total. The number of carboxylic acids is 1. The zero-order valence-corrected chi connectivity index (χ0v) is 8.63. The molecule has 0 amide bonds. The Kier molecular flexibility index (Phi) is 4.11. The number of sulfonamides is 1. The lowest BCUT2D eigenvalue weighted by molar-refractivity contribution is -0.138. The third-order valence-corrected chi connectivity index (χ3v) is 2.52. The van der Waals surface area contributed by atoms with Crippen molar-refractivity contribution in [3.05, 3.63) is 4.72 Å². The Labute approximate surface area is 84.3 Å². The van der Waals surface area contributed by atoms with E-state index < -0.39 is 33.5 Å². The van der Waals surface area contributed by atoms with Gasteiger partial charge in [-0.05, 0) is 6.04 Å². The molecule has 0 rings (SSSR count). The van der Waals surface area contributed by atoms with Gasteiger partial charge in [0.25, 0.3) is 5.97 Å². The molecule has 0 heterocycles. The van der Waals surface area contributed by atoms with E-state index in [1.807, 2.05) is 0 Å². The molecule has 0 saturated carbocycles. The zero-order valence-electron chi connectivity index (χ0n) is 7.82. The minimum absolute atomic E-state index is 0.848. The maximum absolute atomic E-state index is 11.8. The van der Waals surface area contributed by atoms with Crippen LogP contribution in [0.4, 0.5) is 13.2 Å². The first-order valence-corrected chi connectivity index (χ1v) is 5.19. The molecule has 0 saturated heterocycles. The second kappa shape index (κ2) is 4.35. The van der Waals surface area contributed by atoms with E-state index in [1.165, 1.54) is 13.8 Å². The van der Waals surface area contributed by atoms with Gasteiger partial charge in [0, 0.05) is 0 Å². The standard InChI is InChI=1S/C6H9F3NO4S/c1-3(2)4(5(11)12)10-15(13,14)6(7,8)9/h3-4H,1-2H3,(H,11,12)/q-1/t4-/m0/s1. The van der Waals surface area contributed by atoms with Gasteiger partial charge in [-0.3, -0.25) is 4.79 Å². The van der Waals surface area contributed by atoms with Crippen molar-refractivity contribution in [3.63, 3.8) is 0 Å². The number of halogens is 3. The summed E-state index contributed by atoms with van der Waals surface area (Å²) >= 11 is 0. The van der Waals surface area contributed by atoms with Crippen molar-refractivity contribution in [2.75, 3.05) is 0 Å². The maximum Gasteiger partial charge on any atom is 0.480 e. The van der Waals surface area contributed by atoms with Gasteiger partial charge in [-0.15, -0.1) is 0 Å². The summed E-state index contributed by atoms with van der Waals surface area (Å²) in [6.45, 7) is 2.52.